The Balaban J connectivity index is 2.08. The second kappa shape index (κ2) is 13.3. The van der Waals surface area contributed by atoms with Gasteiger partial charge in [0, 0.05) is 22.1 Å². The summed E-state index contributed by atoms with van der Waals surface area (Å²) in [7, 11) is -2.83. The number of nitrogens with one attached hydrogen (secondary N) is 1. The molecule has 1 atom stereocenters. The molecule has 0 aliphatic heterocycles. The fourth-order valence-electron chi connectivity index (χ4n) is 3.87. The smallest absolute Gasteiger partial charge is 0.264 e. The zero-order valence-electron chi connectivity index (χ0n) is 22.1. The van der Waals surface area contributed by atoms with E-state index in [1.165, 1.54) is 36.3 Å². The number of rotatable bonds is 11. The number of carbonyl (C=O) groups excluding carboxylic acids is 2. The van der Waals surface area contributed by atoms with Gasteiger partial charge in [0.2, 0.25) is 11.8 Å². The highest BCUT2D eigenvalue weighted by Crippen LogP contribution is 2.35. The number of sulfonamides is 1. The van der Waals surface area contributed by atoms with Crippen LogP contribution in [-0.2, 0) is 26.2 Å². The minimum Gasteiger partial charge on any atom is -0.495 e. The molecule has 3 aromatic carbocycles. The average molecular weight is 637 g/mol. The third-order valence-electron chi connectivity index (χ3n) is 5.88. The minimum absolute atomic E-state index is 0.00936. The number of anilines is 1. The maximum Gasteiger partial charge on any atom is 0.264 e. The van der Waals surface area contributed by atoms with Crippen molar-refractivity contribution in [2.75, 3.05) is 18.0 Å². The van der Waals surface area contributed by atoms with E-state index in [0.29, 0.717) is 0 Å². The van der Waals surface area contributed by atoms with Gasteiger partial charge in [0.25, 0.3) is 10.0 Å². The molecular formula is C28H31BrClN3O5S. The minimum atomic E-state index is -4.24. The summed E-state index contributed by atoms with van der Waals surface area (Å²) in [6.07, 6.45) is 0. The Labute approximate surface area is 243 Å². The molecule has 0 spiro atoms. The summed E-state index contributed by atoms with van der Waals surface area (Å²) >= 11 is 9.65. The number of hydrogen-bond donors (Lipinski definition) is 1. The summed E-state index contributed by atoms with van der Waals surface area (Å²) in [5, 5.41) is 3.10. The fourth-order valence-corrected chi connectivity index (χ4v) is 5.73. The predicted molar refractivity (Wildman–Crippen MR) is 156 cm³/mol. The summed E-state index contributed by atoms with van der Waals surface area (Å²) in [5.41, 5.74) is 0.874. The van der Waals surface area contributed by atoms with E-state index in [0.717, 1.165) is 14.3 Å². The number of amides is 2. The van der Waals surface area contributed by atoms with Crippen molar-refractivity contribution >= 4 is 55.1 Å². The lowest BCUT2D eigenvalue weighted by Gasteiger charge is -2.32. The van der Waals surface area contributed by atoms with Crippen LogP contribution < -0.4 is 14.4 Å². The number of halogens is 2. The van der Waals surface area contributed by atoms with Gasteiger partial charge < -0.3 is 15.0 Å². The molecule has 0 fully saturated rings. The van der Waals surface area contributed by atoms with Crippen LogP contribution in [0.5, 0.6) is 5.75 Å². The van der Waals surface area contributed by atoms with Crippen molar-refractivity contribution in [1.82, 2.24) is 10.2 Å². The SMILES string of the molecule is COc1ccc(Cl)cc1N(CC(=O)N(Cc1ccc(Br)cc1)C(C)C(=O)NC(C)C)S(=O)(=O)c1ccccc1. The van der Waals surface area contributed by atoms with Crippen LogP contribution >= 0.6 is 27.5 Å². The third kappa shape index (κ3) is 7.74. The molecule has 1 N–H and O–H groups in total. The Kier molecular flexibility index (Phi) is 10.4. The summed E-state index contributed by atoms with van der Waals surface area (Å²) in [6, 6.07) is 18.6. The van der Waals surface area contributed by atoms with E-state index in [4.69, 9.17) is 16.3 Å². The maximum atomic E-state index is 13.9. The van der Waals surface area contributed by atoms with Gasteiger partial charge in [-0.05, 0) is 68.8 Å². The van der Waals surface area contributed by atoms with E-state index in [1.54, 1.807) is 31.2 Å². The monoisotopic (exact) mass is 635 g/mol. The van der Waals surface area contributed by atoms with Crippen LogP contribution in [0.3, 0.4) is 0 Å². The number of ether oxygens (including phenoxy) is 1. The molecule has 0 aliphatic carbocycles. The molecule has 1 unspecified atom stereocenters. The first-order valence-corrected chi connectivity index (χ1v) is 14.8. The van der Waals surface area contributed by atoms with Gasteiger partial charge >= 0.3 is 0 Å². The van der Waals surface area contributed by atoms with Crippen LogP contribution in [0.25, 0.3) is 0 Å². The maximum absolute atomic E-state index is 13.9. The van der Waals surface area contributed by atoms with Crippen LogP contribution in [0.15, 0.2) is 82.2 Å². The van der Waals surface area contributed by atoms with Gasteiger partial charge in [-0.15, -0.1) is 0 Å². The highest BCUT2D eigenvalue weighted by Gasteiger charge is 2.34. The predicted octanol–water partition coefficient (Wildman–Crippen LogP) is 5.25. The standard InChI is InChI=1S/C28H31BrClN3O5S/c1-19(2)31-28(35)20(3)32(17-21-10-12-22(29)13-11-21)27(34)18-33(25-16-23(30)14-15-26(25)38-4)39(36,37)24-8-6-5-7-9-24/h5-16,19-20H,17-18H2,1-4H3,(H,31,35). The Morgan fingerprint density at radius 3 is 2.23 bits per heavy atom. The molecule has 0 bridgehead atoms. The molecule has 0 saturated heterocycles. The molecule has 8 nitrogen and oxygen atoms in total. The van der Waals surface area contributed by atoms with Gasteiger partial charge in [-0.3, -0.25) is 13.9 Å². The molecular weight excluding hydrogens is 606 g/mol. The first-order chi connectivity index (χ1) is 18.4. The van der Waals surface area contributed by atoms with E-state index in [2.05, 4.69) is 21.2 Å². The summed E-state index contributed by atoms with van der Waals surface area (Å²) in [5.74, 6) is -0.712. The number of nitrogens with zero attached hydrogens (tertiary/aromatic N) is 2. The highest BCUT2D eigenvalue weighted by molar-refractivity contribution is 9.10. The second-order valence-electron chi connectivity index (χ2n) is 9.13. The van der Waals surface area contributed by atoms with E-state index in [1.807, 2.05) is 38.1 Å². The van der Waals surface area contributed by atoms with Gasteiger partial charge in [0.1, 0.15) is 18.3 Å². The molecule has 3 aromatic rings. The van der Waals surface area contributed by atoms with Crippen molar-refractivity contribution in [3.05, 3.63) is 87.9 Å². The fraction of sp³-hybridized carbons (Fsp3) is 0.286. The number of methoxy groups -OCH3 is 1. The molecule has 0 radical (unpaired) electrons. The van der Waals surface area contributed by atoms with Gasteiger partial charge in [-0.25, -0.2) is 8.42 Å². The van der Waals surface area contributed by atoms with Crippen LogP contribution in [0.4, 0.5) is 5.69 Å². The second-order valence-corrected chi connectivity index (χ2v) is 12.3. The largest absolute Gasteiger partial charge is 0.495 e. The van der Waals surface area contributed by atoms with Crippen LogP contribution in [0.1, 0.15) is 26.3 Å². The van der Waals surface area contributed by atoms with Crippen LogP contribution in [0, 0.1) is 0 Å². The van der Waals surface area contributed by atoms with Crippen molar-refractivity contribution in [2.45, 2.75) is 44.3 Å². The Morgan fingerprint density at radius 2 is 1.64 bits per heavy atom. The van der Waals surface area contributed by atoms with Crippen LogP contribution in [-0.4, -0.2) is 50.9 Å². The molecule has 0 saturated carbocycles. The van der Waals surface area contributed by atoms with Gasteiger partial charge in [-0.1, -0.05) is 57.9 Å². The Bertz CT molecular complexity index is 1400. The molecule has 0 aromatic heterocycles. The lowest BCUT2D eigenvalue weighted by Crippen LogP contribution is -2.52. The molecule has 3 rings (SSSR count). The van der Waals surface area contributed by atoms with E-state index in [9.17, 15) is 18.0 Å². The van der Waals surface area contributed by atoms with E-state index < -0.39 is 28.5 Å². The van der Waals surface area contributed by atoms with Crippen molar-refractivity contribution < 1.29 is 22.7 Å². The number of carbonyl (C=O) groups is 2. The molecule has 0 heterocycles. The number of benzene rings is 3. The molecule has 11 heteroatoms. The summed E-state index contributed by atoms with van der Waals surface area (Å²) < 4.78 is 35.0. The lowest BCUT2D eigenvalue weighted by molar-refractivity contribution is -0.139. The first kappa shape index (κ1) is 30.5. The van der Waals surface area contributed by atoms with Crippen LogP contribution in [0.2, 0.25) is 5.02 Å². The van der Waals surface area contributed by atoms with Gasteiger partial charge in [-0.2, -0.15) is 0 Å². The number of hydrogen-bond acceptors (Lipinski definition) is 5. The lowest BCUT2D eigenvalue weighted by atomic mass is 10.1. The van der Waals surface area contributed by atoms with Crippen molar-refractivity contribution in [2.24, 2.45) is 0 Å². The molecule has 39 heavy (non-hydrogen) atoms. The summed E-state index contributed by atoms with van der Waals surface area (Å²) in [4.78, 5) is 28.3. The zero-order chi connectivity index (χ0) is 28.7. The van der Waals surface area contributed by atoms with Crippen molar-refractivity contribution in [3.8, 4) is 5.75 Å². The molecule has 0 aliphatic rings. The first-order valence-electron chi connectivity index (χ1n) is 12.2. The highest BCUT2D eigenvalue weighted by atomic mass is 79.9. The molecule has 208 valence electrons. The normalized spacial score (nSPS) is 12.1. The van der Waals surface area contributed by atoms with Crippen molar-refractivity contribution in [3.63, 3.8) is 0 Å². The zero-order valence-corrected chi connectivity index (χ0v) is 25.3. The average Bonchev–Trinajstić information content (AvgIpc) is 2.90. The van der Waals surface area contributed by atoms with Gasteiger partial charge in [0.15, 0.2) is 0 Å². The topological polar surface area (TPSA) is 96.0 Å². The summed E-state index contributed by atoms with van der Waals surface area (Å²) in [6.45, 7) is 4.76. The quantitative estimate of drug-likeness (QED) is 0.310. The third-order valence-corrected chi connectivity index (χ3v) is 8.42. The Hall–Kier alpha value is -3.08. The van der Waals surface area contributed by atoms with E-state index >= 15 is 0 Å². The molecule has 2 amide bonds. The van der Waals surface area contributed by atoms with E-state index in [-0.39, 0.29) is 39.8 Å². The Morgan fingerprint density at radius 1 is 1.00 bits per heavy atom. The van der Waals surface area contributed by atoms with Crippen molar-refractivity contribution in [1.29, 1.82) is 0 Å². The van der Waals surface area contributed by atoms with Gasteiger partial charge in [0.05, 0.1) is 17.7 Å².